The van der Waals surface area contributed by atoms with Crippen LogP contribution in [0.5, 0.6) is 0 Å². The van der Waals surface area contributed by atoms with Crippen LogP contribution < -0.4 is 5.32 Å². The van der Waals surface area contributed by atoms with Gasteiger partial charge in [0.15, 0.2) is 0 Å². The maximum atomic E-state index is 12.6. The molecule has 0 saturated carbocycles. The van der Waals surface area contributed by atoms with Gasteiger partial charge in [0.2, 0.25) is 15.9 Å². The molecule has 1 heterocycles. The van der Waals surface area contributed by atoms with Gasteiger partial charge in [-0.15, -0.1) is 0 Å². The van der Waals surface area contributed by atoms with E-state index in [1.807, 2.05) is 24.3 Å². The first-order valence-electron chi connectivity index (χ1n) is 8.94. The molecule has 1 N–H and O–H groups in total. The number of carbonyl (C=O) groups excluding carboxylic acids is 1. The quantitative estimate of drug-likeness (QED) is 0.785. The van der Waals surface area contributed by atoms with E-state index >= 15 is 0 Å². The predicted molar refractivity (Wildman–Crippen MR) is 106 cm³/mol. The van der Waals surface area contributed by atoms with E-state index in [1.165, 1.54) is 18.8 Å². The van der Waals surface area contributed by atoms with Gasteiger partial charge in [-0.2, -0.15) is 5.10 Å². The minimum Gasteiger partial charge on any atom is -0.324 e. The zero-order chi connectivity index (χ0) is 20.4. The first-order valence-corrected chi connectivity index (χ1v) is 10.4. The number of rotatable bonds is 7. The second-order valence-corrected chi connectivity index (χ2v) is 8.98. The van der Waals surface area contributed by atoms with Crippen LogP contribution in [0.3, 0.4) is 0 Å². The Balaban J connectivity index is 2.26. The normalized spacial score (nSPS) is 13.0. The number of nitrogens with zero attached hydrogens (tertiary/aromatic N) is 3. The molecule has 0 aliphatic rings. The fraction of sp³-hybridized carbons (Fsp3) is 0.474. The van der Waals surface area contributed by atoms with Gasteiger partial charge < -0.3 is 5.32 Å². The number of anilines is 1. The molecule has 27 heavy (non-hydrogen) atoms. The van der Waals surface area contributed by atoms with Gasteiger partial charge >= 0.3 is 0 Å². The van der Waals surface area contributed by atoms with E-state index < -0.39 is 10.0 Å². The lowest BCUT2D eigenvalue weighted by molar-refractivity contribution is -0.116. The van der Waals surface area contributed by atoms with Gasteiger partial charge in [-0.1, -0.05) is 32.0 Å². The second kappa shape index (κ2) is 8.22. The highest BCUT2D eigenvalue weighted by atomic mass is 32.2. The molecule has 0 bridgehead atoms. The molecule has 2 aromatic rings. The molecule has 1 aromatic heterocycles. The Morgan fingerprint density at radius 2 is 1.89 bits per heavy atom. The Labute approximate surface area is 161 Å². The first kappa shape index (κ1) is 21.1. The number of carbonyl (C=O) groups is 1. The average molecular weight is 393 g/mol. The third-order valence-corrected chi connectivity index (χ3v) is 6.79. The molecule has 0 saturated heterocycles. The van der Waals surface area contributed by atoms with Crippen LogP contribution in [0.4, 0.5) is 5.69 Å². The van der Waals surface area contributed by atoms with Gasteiger partial charge in [0.25, 0.3) is 0 Å². The topological polar surface area (TPSA) is 84.3 Å². The van der Waals surface area contributed by atoms with Crippen molar-refractivity contribution < 1.29 is 13.2 Å². The summed E-state index contributed by atoms with van der Waals surface area (Å²) in [7, 11) is -0.663. The van der Waals surface area contributed by atoms with Gasteiger partial charge in [-0.05, 0) is 37.8 Å². The number of hydrogen-bond donors (Lipinski definition) is 1. The summed E-state index contributed by atoms with van der Waals surface area (Å²) in [6.45, 7) is 7.47. The Morgan fingerprint density at radius 3 is 2.48 bits per heavy atom. The summed E-state index contributed by atoms with van der Waals surface area (Å²) in [4.78, 5) is 12.7. The zero-order valence-electron chi connectivity index (χ0n) is 16.8. The molecule has 8 heteroatoms. The highest BCUT2D eigenvalue weighted by Crippen LogP contribution is 2.27. The lowest BCUT2D eigenvalue weighted by Crippen LogP contribution is -2.24. The summed E-state index contributed by atoms with van der Waals surface area (Å²) in [6, 6.07) is 7.72. The number of nitrogens with one attached hydrogen (secondary N) is 1. The molecule has 0 aliphatic heterocycles. The molecule has 0 spiro atoms. The number of benzene rings is 1. The minimum atomic E-state index is -3.62. The summed E-state index contributed by atoms with van der Waals surface area (Å²) in [5.41, 5.74) is 2.69. The number of sulfonamides is 1. The van der Waals surface area contributed by atoms with E-state index in [-0.39, 0.29) is 17.3 Å². The van der Waals surface area contributed by atoms with Crippen LogP contribution in [-0.4, -0.2) is 42.5 Å². The van der Waals surface area contributed by atoms with Crippen molar-refractivity contribution in [3.05, 3.63) is 41.2 Å². The Hall–Kier alpha value is -2.19. The molecular formula is C19H28N4O3S. The Bertz CT molecular complexity index is 932. The van der Waals surface area contributed by atoms with Crippen molar-refractivity contribution in [3.8, 4) is 0 Å². The van der Waals surface area contributed by atoms with Gasteiger partial charge in [-0.3, -0.25) is 9.48 Å². The Kier molecular flexibility index (Phi) is 6.43. The number of aryl methyl sites for hydroxylation is 1. The van der Waals surface area contributed by atoms with E-state index in [2.05, 4.69) is 24.3 Å². The van der Waals surface area contributed by atoms with E-state index in [0.717, 1.165) is 22.0 Å². The van der Waals surface area contributed by atoms with Crippen molar-refractivity contribution in [3.63, 3.8) is 0 Å². The Morgan fingerprint density at radius 1 is 1.26 bits per heavy atom. The average Bonchev–Trinajstić information content (AvgIpc) is 2.88. The van der Waals surface area contributed by atoms with Crippen LogP contribution in [0.1, 0.15) is 43.1 Å². The monoisotopic (exact) mass is 392 g/mol. The second-order valence-electron chi connectivity index (χ2n) is 6.89. The lowest BCUT2D eigenvalue weighted by atomic mass is 9.97. The third-order valence-electron chi connectivity index (χ3n) is 4.73. The smallest absolute Gasteiger partial charge is 0.246 e. The van der Waals surface area contributed by atoms with E-state index in [0.29, 0.717) is 17.3 Å². The highest BCUT2D eigenvalue weighted by Gasteiger charge is 2.27. The van der Waals surface area contributed by atoms with E-state index in [9.17, 15) is 13.2 Å². The maximum Gasteiger partial charge on any atom is 0.246 e. The highest BCUT2D eigenvalue weighted by molar-refractivity contribution is 7.89. The van der Waals surface area contributed by atoms with Crippen molar-refractivity contribution >= 4 is 21.6 Å². The van der Waals surface area contributed by atoms with Gasteiger partial charge in [0.1, 0.15) is 11.4 Å². The fourth-order valence-electron chi connectivity index (χ4n) is 2.98. The maximum absolute atomic E-state index is 12.6. The van der Waals surface area contributed by atoms with Crippen LogP contribution >= 0.6 is 0 Å². The molecule has 7 nitrogen and oxygen atoms in total. The number of para-hydroxylation sites is 1. The van der Waals surface area contributed by atoms with Crippen molar-refractivity contribution in [2.45, 2.75) is 51.5 Å². The van der Waals surface area contributed by atoms with Crippen molar-refractivity contribution in [1.29, 1.82) is 0 Å². The molecular weight excluding hydrogens is 364 g/mol. The SMILES string of the molecule is CC[C@H](C)c1ccccc1NC(=O)Cn1nc(C)c(S(=O)(=O)N(C)C)c1C. The van der Waals surface area contributed by atoms with Gasteiger partial charge in [0.05, 0.1) is 11.4 Å². The van der Waals surface area contributed by atoms with E-state index in [1.54, 1.807) is 13.8 Å². The molecule has 1 amide bonds. The minimum absolute atomic E-state index is 0.0511. The largest absolute Gasteiger partial charge is 0.324 e. The van der Waals surface area contributed by atoms with E-state index in [4.69, 9.17) is 0 Å². The predicted octanol–water partition coefficient (Wildman–Crippen LogP) is 2.90. The molecule has 0 radical (unpaired) electrons. The summed E-state index contributed by atoms with van der Waals surface area (Å²) in [5, 5.41) is 7.20. The molecule has 148 valence electrons. The fourth-order valence-corrected chi connectivity index (χ4v) is 4.23. The van der Waals surface area contributed by atoms with Crippen LogP contribution in [0.15, 0.2) is 29.2 Å². The molecule has 0 unspecified atom stereocenters. The van der Waals surface area contributed by atoms with Crippen LogP contribution in [0, 0.1) is 13.8 Å². The molecule has 0 aliphatic carbocycles. The summed E-state index contributed by atoms with van der Waals surface area (Å²) < 4.78 is 27.6. The van der Waals surface area contributed by atoms with Crippen molar-refractivity contribution in [2.75, 3.05) is 19.4 Å². The molecule has 0 fully saturated rings. The van der Waals surface area contributed by atoms with Crippen LogP contribution in [0.2, 0.25) is 0 Å². The molecule has 2 rings (SSSR count). The number of aromatic nitrogens is 2. The van der Waals surface area contributed by atoms with Crippen molar-refractivity contribution in [1.82, 2.24) is 14.1 Å². The number of amides is 1. The van der Waals surface area contributed by atoms with Crippen LogP contribution in [-0.2, 0) is 21.4 Å². The molecule has 1 atom stereocenters. The zero-order valence-corrected chi connectivity index (χ0v) is 17.6. The standard InChI is InChI=1S/C19H28N4O3S/c1-7-13(2)16-10-8-9-11-17(16)20-18(24)12-23-15(4)19(14(3)21-23)27(25,26)22(5)6/h8-11,13H,7,12H2,1-6H3,(H,20,24)/t13-/m0/s1. The third kappa shape index (κ3) is 4.39. The van der Waals surface area contributed by atoms with Gasteiger partial charge in [0, 0.05) is 19.8 Å². The molecule has 1 aromatic carbocycles. The van der Waals surface area contributed by atoms with Crippen molar-refractivity contribution in [2.24, 2.45) is 0 Å². The number of hydrogen-bond acceptors (Lipinski definition) is 4. The first-order chi connectivity index (χ1) is 12.6. The lowest BCUT2D eigenvalue weighted by Gasteiger charge is -2.16. The summed E-state index contributed by atoms with van der Waals surface area (Å²) in [5.74, 6) is 0.0807. The van der Waals surface area contributed by atoms with Crippen LogP contribution in [0.25, 0.3) is 0 Å². The van der Waals surface area contributed by atoms with Gasteiger partial charge in [-0.25, -0.2) is 12.7 Å². The summed E-state index contributed by atoms with van der Waals surface area (Å²) in [6.07, 6.45) is 0.968. The summed E-state index contributed by atoms with van der Waals surface area (Å²) >= 11 is 0.